The van der Waals surface area contributed by atoms with E-state index in [2.05, 4.69) is 9.72 Å². The van der Waals surface area contributed by atoms with E-state index in [-0.39, 0.29) is 21.3 Å². The predicted octanol–water partition coefficient (Wildman–Crippen LogP) is 2.41. The van der Waals surface area contributed by atoms with E-state index in [4.69, 9.17) is 4.74 Å². The van der Waals surface area contributed by atoms with Crippen molar-refractivity contribution in [1.82, 2.24) is 4.98 Å². The number of ether oxygens (including phenoxy) is 2. The first-order valence-corrected chi connectivity index (χ1v) is 4.90. The van der Waals surface area contributed by atoms with Crippen molar-refractivity contribution in [3.8, 4) is 11.5 Å². The fourth-order valence-electron chi connectivity index (χ4n) is 0.950. The molecule has 0 saturated heterocycles. The minimum atomic E-state index is -4.89. The molecule has 4 nitrogen and oxygen atoms in total. The van der Waals surface area contributed by atoms with Gasteiger partial charge >= 0.3 is 6.36 Å². The molecule has 0 saturated carbocycles. The number of pyridine rings is 1. The molecule has 1 aromatic heterocycles. The average Bonchev–Trinajstić information content (AvgIpc) is 2.16. The van der Waals surface area contributed by atoms with Crippen LogP contribution in [0.1, 0.15) is 10.4 Å². The van der Waals surface area contributed by atoms with Crippen molar-refractivity contribution in [2.24, 2.45) is 0 Å². The summed E-state index contributed by atoms with van der Waals surface area (Å²) < 4.78 is 44.9. The molecule has 0 fully saturated rings. The van der Waals surface area contributed by atoms with E-state index in [1.54, 1.807) is 22.6 Å². The second-order valence-electron chi connectivity index (χ2n) is 2.53. The topological polar surface area (TPSA) is 48.4 Å². The first-order valence-electron chi connectivity index (χ1n) is 3.82. The highest BCUT2D eigenvalue weighted by atomic mass is 127. The van der Waals surface area contributed by atoms with E-state index in [1.807, 2.05) is 0 Å². The smallest absolute Gasteiger partial charge is 0.490 e. The number of methoxy groups -OCH3 is 1. The molecule has 0 aromatic carbocycles. The summed E-state index contributed by atoms with van der Waals surface area (Å²) in [5.74, 6) is -0.896. The van der Waals surface area contributed by atoms with E-state index < -0.39 is 12.1 Å². The van der Waals surface area contributed by atoms with E-state index in [1.165, 1.54) is 0 Å². The Kier molecular flexibility index (Phi) is 3.94. The maximum absolute atomic E-state index is 12.1. The highest BCUT2D eigenvalue weighted by Crippen LogP contribution is 2.36. The van der Waals surface area contributed by atoms with Gasteiger partial charge in [-0.25, -0.2) is 4.98 Å². The van der Waals surface area contributed by atoms with Crippen LogP contribution in [0.25, 0.3) is 0 Å². The van der Waals surface area contributed by atoms with Crippen LogP contribution >= 0.6 is 22.6 Å². The number of rotatable bonds is 3. The van der Waals surface area contributed by atoms with Crippen molar-refractivity contribution in [3.05, 3.63) is 15.5 Å². The van der Waals surface area contributed by atoms with Gasteiger partial charge in [0.25, 0.3) is 0 Å². The summed E-state index contributed by atoms with van der Waals surface area (Å²) >= 11 is 1.67. The summed E-state index contributed by atoms with van der Waals surface area (Å²) in [5.41, 5.74) is -0.324. The molecule has 0 aliphatic carbocycles. The van der Waals surface area contributed by atoms with Crippen LogP contribution in [0.2, 0.25) is 0 Å². The van der Waals surface area contributed by atoms with Crippen molar-refractivity contribution in [3.63, 3.8) is 0 Å². The normalized spacial score (nSPS) is 11.1. The lowest BCUT2D eigenvalue weighted by atomic mass is 10.2. The molecule has 0 aliphatic heterocycles. The molecule has 0 spiro atoms. The van der Waals surface area contributed by atoms with Gasteiger partial charge in [0.15, 0.2) is 17.8 Å². The van der Waals surface area contributed by atoms with Gasteiger partial charge in [0.1, 0.15) is 3.70 Å². The quantitative estimate of drug-likeness (QED) is 0.479. The van der Waals surface area contributed by atoms with Crippen LogP contribution in [0.4, 0.5) is 13.2 Å². The average molecular weight is 347 g/mol. The van der Waals surface area contributed by atoms with Crippen molar-refractivity contribution >= 4 is 28.9 Å². The number of aromatic nitrogens is 1. The lowest BCUT2D eigenvalue weighted by molar-refractivity contribution is -0.275. The van der Waals surface area contributed by atoms with Crippen molar-refractivity contribution in [2.75, 3.05) is 7.11 Å². The zero-order valence-corrected chi connectivity index (χ0v) is 10.00. The zero-order valence-electron chi connectivity index (χ0n) is 7.84. The maximum Gasteiger partial charge on any atom is 0.573 e. The van der Waals surface area contributed by atoms with Crippen LogP contribution in [-0.2, 0) is 0 Å². The van der Waals surface area contributed by atoms with Gasteiger partial charge in [-0.2, -0.15) is 0 Å². The Labute approximate surface area is 102 Å². The lowest BCUT2D eigenvalue weighted by Crippen LogP contribution is -2.19. The number of hydrogen-bond acceptors (Lipinski definition) is 4. The van der Waals surface area contributed by atoms with Gasteiger partial charge in [0.2, 0.25) is 0 Å². The summed E-state index contributed by atoms with van der Waals surface area (Å²) in [4.78, 5) is 14.2. The first kappa shape index (κ1) is 13.0. The zero-order chi connectivity index (χ0) is 12.3. The van der Waals surface area contributed by atoms with Crippen LogP contribution in [0.15, 0.2) is 6.20 Å². The molecule has 0 unspecified atom stereocenters. The van der Waals surface area contributed by atoms with Gasteiger partial charge in [-0.1, -0.05) is 0 Å². The molecule has 0 bridgehead atoms. The number of aldehydes is 1. The van der Waals surface area contributed by atoms with Crippen LogP contribution in [0.3, 0.4) is 0 Å². The van der Waals surface area contributed by atoms with E-state index in [0.29, 0.717) is 0 Å². The van der Waals surface area contributed by atoms with Crippen LogP contribution in [-0.4, -0.2) is 24.7 Å². The number of nitrogens with zero attached hydrogens (tertiary/aromatic N) is 1. The molecule has 1 aromatic rings. The number of hydrogen-bond donors (Lipinski definition) is 0. The van der Waals surface area contributed by atoms with Gasteiger partial charge < -0.3 is 9.47 Å². The second-order valence-corrected chi connectivity index (χ2v) is 3.55. The molecule has 0 radical (unpaired) electrons. The fourth-order valence-corrected chi connectivity index (χ4v) is 1.55. The molecule has 0 aliphatic rings. The Hall–Kier alpha value is -1.06. The van der Waals surface area contributed by atoms with Gasteiger partial charge in [0.05, 0.1) is 12.7 Å². The third kappa shape index (κ3) is 2.97. The number of alkyl halides is 3. The molecular formula is C8H5F3INO3. The summed E-state index contributed by atoms with van der Waals surface area (Å²) in [6.07, 6.45) is -3.69. The summed E-state index contributed by atoms with van der Waals surface area (Å²) in [5, 5.41) is 0. The predicted molar refractivity (Wildman–Crippen MR) is 55.6 cm³/mol. The Balaban J connectivity index is 3.31. The van der Waals surface area contributed by atoms with E-state index in [0.717, 1.165) is 13.3 Å². The number of carbonyl (C=O) groups is 1. The molecule has 0 atom stereocenters. The third-order valence-corrected chi connectivity index (χ3v) is 2.29. The Morgan fingerprint density at radius 1 is 1.44 bits per heavy atom. The van der Waals surface area contributed by atoms with Crippen LogP contribution in [0.5, 0.6) is 11.5 Å². The Morgan fingerprint density at radius 3 is 2.50 bits per heavy atom. The summed E-state index contributed by atoms with van der Waals surface area (Å²) in [6, 6.07) is 0. The van der Waals surface area contributed by atoms with Crippen molar-refractivity contribution in [1.29, 1.82) is 0 Å². The van der Waals surface area contributed by atoms with Gasteiger partial charge in [0, 0.05) is 6.20 Å². The van der Waals surface area contributed by atoms with Crippen LogP contribution < -0.4 is 9.47 Å². The van der Waals surface area contributed by atoms with E-state index in [9.17, 15) is 18.0 Å². The third-order valence-electron chi connectivity index (χ3n) is 1.52. The number of halogens is 4. The lowest BCUT2D eigenvalue weighted by Gasteiger charge is -2.14. The molecular weight excluding hydrogens is 342 g/mol. The molecule has 1 heterocycles. The fraction of sp³-hybridized carbons (Fsp3) is 0.250. The molecule has 0 N–H and O–H groups in total. The minimum Gasteiger partial charge on any atom is -0.490 e. The SMILES string of the molecule is COc1c(I)ncc(C=O)c1OC(F)(F)F. The highest BCUT2D eigenvalue weighted by molar-refractivity contribution is 14.1. The first-order chi connectivity index (χ1) is 7.39. The summed E-state index contributed by atoms with van der Waals surface area (Å²) in [6.45, 7) is 0. The minimum absolute atomic E-state index is 0.171. The van der Waals surface area contributed by atoms with Gasteiger partial charge in [-0.05, 0) is 22.6 Å². The Morgan fingerprint density at radius 2 is 2.06 bits per heavy atom. The Bertz CT molecular complexity index is 408. The van der Waals surface area contributed by atoms with Crippen LogP contribution in [0, 0.1) is 3.70 Å². The molecule has 88 valence electrons. The molecule has 16 heavy (non-hydrogen) atoms. The number of carbonyl (C=O) groups excluding carboxylic acids is 1. The van der Waals surface area contributed by atoms with Gasteiger partial charge in [-0.3, -0.25) is 4.79 Å². The monoisotopic (exact) mass is 347 g/mol. The maximum atomic E-state index is 12.1. The molecule has 8 heteroatoms. The highest BCUT2D eigenvalue weighted by Gasteiger charge is 2.34. The summed E-state index contributed by atoms with van der Waals surface area (Å²) in [7, 11) is 1.16. The van der Waals surface area contributed by atoms with E-state index >= 15 is 0 Å². The van der Waals surface area contributed by atoms with Crippen molar-refractivity contribution < 1.29 is 27.4 Å². The molecule has 1 rings (SSSR count). The largest absolute Gasteiger partial charge is 0.573 e. The van der Waals surface area contributed by atoms with Crippen molar-refractivity contribution in [2.45, 2.75) is 6.36 Å². The second kappa shape index (κ2) is 4.85. The molecule has 0 amide bonds. The van der Waals surface area contributed by atoms with Gasteiger partial charge in [-0.15, -0.1) is 13.2 Å². The standard InChI is InChI=1S/C8H5F3INO3/c1-15-6-5(16-8(9,10)11)4(3-14)2-13-7(6)12/h2-3H,1H3.